The maximum absolute atomic E-state index is 12.3. The quantitative estimate of drug-likeness (QED) is 0.466. The van der Waals surface area contributed by atoms with Gasteiger partial charge in [-0.05, 0) is 51.5 Å². The molecule has 0 aliphatic heterocycles. The number of hydrogen-bond acceptors (Lipinski definition) is 4. The van der Waals surface area contributed by atoms with Gasteiger partial charge < -0.3 is 9.47 Å². The van der Waals surface area contributed by atoms with Gasteiger partial charge in [0, 0.05) is 5.56 Å². The van der Waals surface area contributed by atoms with Crippen molar-refractivity contribution in [3.05, 3.63) is 29.3 Å². The second kappa shape index (κ2) is 5.87. The Hall–Kier alpha value is -1.84. The smallest absolute Gasteiger partial charge is 0.319 e. The van der Waals surface area contributed by atoms with E-state index in [0.29, 0.717) is 12.2 Å². The molecular formula is C15H20O4. The fourth-order valence-corrected chi connectivity index (χ4v) is 1.82. The van der Waals surface area contributed by atoms with Crippen LogP contribution in [0, 0.1) is 12.3 Å². The molecule has 1 aromatic rings. The number of aryl methyl sites for hydroxylation is 1. The summed E-state index contributed by atoms with van der Waals surface area (Å²) in [6, 6.07) is 5.16. The number of ketones is 1. The minimum atomic E-state index is -1.19. The number of methoxy groups -OCH3 is 1. The summed E-state index contributed by atoms with van der Waals surface area (Å²) in [5.41, 5.74) is 0.165. The van der Waals surface area contributed by atoms with Gasteiger partial charge in [0.25, 0.3) is 0 Å². The molecule has 0 unspecified atom stereocenters. The summed E-state index contributed by atoms with van der Waals surface area (Å²) in [5, 5.41) is 0. The number of Topliss-reactive ketones (excluding diaryl/α,β-unsaturated/α-hetero) is 1. The largest absolute Gasteiger partial charge is 0.494 e. The van der Waals surface area contributed by atoms with E-state index in [4.69, 9.17) is 4.74 Å². The zero-order valence-corrected chi connectivity index (χ0v) is 12.1. The highest BCUT2D eigenvalue weighted by Crippen LogP contribution is 2.26. The molecule has 0 atom stereocenters. The maximum Gasteiger partial charge on any atom is 0.319 e. The van der Waals surface area contributed by atoms with E-state index < -0.39 is 11.4 Å². The molecule has 104 valence electrons. The Morgan fingerprint density at radius 2 is 1.89 bits per heavy atom. The molecule has 0 amide bonds. The van der Waals surface area contributed by atoms with Gasteiger partial charge in [-0.25, -0.2) is 0 Å². The Kier molecular flexibility index (Phi) is 4.70. The van der Waals surface area contributed by atoms with Gasteiger partial charge in [-0.15, -0.1) is 0 Å². The van der Waals surface area contributed by atoms with Crippen molar-refractivity contribution in [3.63, 3.8) is 0 Å². The average Bonchev–Trinajstić information content (AvgIpc) is 2.39. The van der Waals surface area contributed by atoms with E-state index in [0.717, 1.165) is 11.3 Å². The molecular weight excluding hydrogens is 244 g/mol. The van der Waals surface area contributed by atoms with Crippen LogP contribution in [-0.4, -0.2) is 25.5 Å². The summed E-state index contributed by atoms with van der Waals surface area (Å²) in [5.74, 6) is -0.0514. The van der Waals surface area contributed by atoms with Gasteiger partial charge >= 0.3 is 5.97 Å². The van der Waals surface area contributed by atoms with Crippen molar-refractivity contribution in [2.24, 2.45) is 5.41 Å². The fourth-order valence-electron chi connectivity index (χ4n) is 1.82. The van der Waals surface area contributed by atoms with Crippen molar-refractivity contribution in [3.8, 4) is 5.75 Å². The van der Waals surface area contributed by atoms with Crippen molar-refractivity contribution < 1.29 is 19.1 Å². The van der Waals surface area contributed by atoms with Crippen molar-refractivity contribution in [2.75, 3.05) is 13.7 Å². The predicted octanol–water partition coefficient (Wildman–Crippen LogP) is 2.78. The molecule has 0 aliphatic carbocycles. The Bertz CT molecular complexity index is 489. The number of hydrogen-bond donors (Lipinski definition) is 0. The molecule has 0 aliphatic rings. The van der Waals surface area contributed by atoms with Gasteiger partial charge in [0.05, 0.1) is 13.7 Å². The molecule has 0 spiro atoms. The number of benzene rings is 1. The molecule has 1 rings (SSSR count). The summed E-state index contributed by atoms with van der Waals surface area (Å²) in [6.45, 7) is 7.47. The average molecular weight is 264 g/mol. The first-order valence-corrected chi connectivity index (χ1v) is 6.21. The first-order chi connectivity index (χ1) is 8.84. The second-order valence-corrected chi connectivity index (χ2v) is 4.86. The number of carbonyl (C=O) groups excluding carboxylic acids is 2. The highest BCUT2D eigenvalue weighted by atomic mass is 16.5. The molecule has 0 heterocycles. The van der Waals surface area contributed by atoms with Crippen molar-refractivity contribution in [2.45, 2.75) is 27.7 Å². The highest BCUT2D eigenvalue weighted by molar-refractivity contribution is 6.11. The predicted molar refractivity (Wildman–Crippen MR) is 72.5 cm³/mol. The van der Waals surface area contributed by atoms with Crippen LogP contribution >= 0.6 is 0 Å². The SMILES string of the molecule is CCOc1ccc(C(=O)C(C)(C)C(=O)OC)cc1C. The summed E-state index contributed by atoms with van der Waals surface area (Å²) in [7, 11) is 1.28. The van der Waals surface area contributed by atoms with Crippen LogP contribution in [0.2, 0.25) is 0 Å². The Labute approximate surface area is 113 Å². The summed E-state index contributed by atoms with van der Waals surface area (Å²) < 4.78 is 10.1. The van der Waals surface area contributed by atoms with Gasteiger partial charge in [0.2, 0.25) is 0 Å². The lowest BCUT2D eigenvalue weighted by atomic mass is 9.84. The summed E-state index contributed by atoms with van der Waals surface area (Å²) in [4.78, 5) is 24.0. The van der Waals surface area contributed by atoms with E-state index in [2.05, 4.69) is 4.74 Å². The van der Waals surface area contributed by atoms with Gasteiger partial charge in [-0.3, -0.25) is 9.59 Å². The van der Waals surface area contributed by atoms with Crippen LogP contribution < -0.4 is 4.74 Å². The molecule has 19 heavy (non-hydrogen) atoms. The molecule has 0 saturated heterocycles. The molecule has 0 bridgehead atoms. The highest BCUT2D eigenvalue weighted by Gasteiger charge is 2.37. The molecule has 4 heteroatoms. The lowest BCUT2D eigenvalue weighted by Gasteiger charge is -2.20. The minimum absolute atomic E-state index is 0.259. The minimum Gasteiger partial charge on any atom is -0.494 e. The molecule has 4 nitrogen and oxygen atoms in total. The van der Waals surface area contributed by atoms with E-state index in [9.17, 15) is 9.59 Å². The van der Waals surface area contributed by atoms with Crippen LogP contribution in [0.25, 0.3) is 0 Å². The van der Waals surface area contributed by atoms with Crippen molar-refractivity contribution >= 4 is 11.8 Å². The number of rotatable bonds is 5. The van der Waals surface area contributed by atoms with E-state index in [1.807, 2.05) is 13.8 Å². The zero-order chi connectivity index (χ0) is 14.6. The monoisotopic (exact) mass is 264 g/mol. The zero-order valence-electron chi connectivity index (χ0n) is 12.1. The van der Waals surface area contributed by atoms with Gasteiger partial charge in [-0.1, -0.05) is 0 Å². The topological polar surface area (TPSA) is 52.6 Å². The van der Waals surface area contributed by atoms with E-state index in [1.54, 1.807) is 32.0 Å². The maximum atomic E-state index is 12.3. The van der Waals surface area contributed by atoms with Crippen LogP contribution in [-0.2, 0) is 9.53 Å². The molecule has 0 saturated carbocycles. The number of ether oxygens (including phenoxy) is 2. The second-order valence-electron chi connectivity index (χ2n) is 4.86. The first-order valence-electron chi connectivity index (χ1n) is 6.21. The molecule has 0 aromatic heterocycles. The Morgan fingerprint density at radius 3 is 2.37 bits per heavy atom. The van der Waals surface area contributed by atoms with Crippen molar-refractivity contribution in [1.29, 1.82) is 0 Å². The van der Waals surface area contributed by atoms with Gasteiger partial charge in [0.15, 0.2) is 5.78 Å². The molecule has 0 N–H and O–H groups in total. The first kappa shape index (κ1) is 15.2. The number of esters is 1. The lowest BCUT2D eigenvalue weighted by molar-refractivity contribution is -0.147. The van der Waals surface area contributed by atoms with Crippen LogP contribution in [0.5, 0.6) is 5.75 Å². The van der Waals surface area contributed by atoms with Gasteiger partial charge in [0.1, 0.15) is 11.2 Å². The Morgan fingerprint density at radius 1 is 1.26 bits per heavy atom. The third-order valence-electron chi connectivity index (χ3n) is 3.00. The van der Waals surface area contributed by atoms with Crippen molar-refractivity contribution in [1.82, 2.24) is 0 Å². The van der Waals surface area contributed by atoms with Crippen LogP contribution in [0.4, 0.5) is 0 Å². The van der Waals surface area contributed by atoms with E-state index >= 15 is 0 Å². The van der Waals surface area contributed by atoms with Crippen LogP contribution in [0.15, 0.2) is 18.2 Å². The third kappa shape index (κ3) is 3.13. The Balaban J connectivity index is 3.07. The standard InChI is InChI=1S/C15H20O4/c1-6-19-12-8-7-11(9-10(12)2)13(16)15(3,4)14(17)18-5/h7-9H,6H2,1-5H3. The van der Waals surface area contributed by atoms with E-state index in [-0.39, 0.29) is 5.78 Å². The molecule has 0 fully saturated rings. The lowest BCUT2D eigenvalue weighted by Crippen LogP contribution is -2.34. The fraction of sp³-hybridized carbons (Fsp3) is 0.467. The third-order valence-corrected chi connectivity index (χ3v) is 3.00. The molecule has 0 radical (unpaired) electrons. The van der Waals surface area contributed by atoms with Gasteiger partial charge in [-0.2, -0.15) is 0 Å². The summed E-state index contributed by atoms with van der Waals surface area (Å²) in [6.07, 6.45) is 0. The van der Waals surface area contributed by atoms with E-state index in [1.165, 1.54) is 7.11 Å². The molecule has 1 aromatic carbocycles. The van der Waals surface area contributed by atoms with Crippen LogP contribution in [0.1, 0.15) is 36.7 Å². The van der Waals surface area contributed by atoms with Crippen LogP contribution in [0.3, 0.4) is 0 Å². The summed E-state index contributed by atoms with van der Waals surface area (Å²) >= 11 is 0. The normalized spacial score (nSPS) is 11.0. The number of carbonyl (C=O) groups is 2.